The Labute approximate surface area is 86.7 Å². The molecule has 1 aromatic heterocycles. The minimum absolute atomic E-state index is 0.264. The van der Waals surface area contributed by atoms with Gasteiger partial charge in [0, 0.05) is 6.20 Å². The van der Waals surface area contributed by atoms with E-state index in [0.29, 0.717) is 5.15 Å². The number of hydrogen-bond donors (Lipinski definition) is 2. The summed E-state index contributed by atoms with van der Waals surface area (Å²) in [7, 11) is 0. The Morgan fingerprint density at radius 2 is 2.43 bits per heavy atom. The molecule has 1 atom stereocenters. The number of aliphatic carboxylic acids is 1. The molecule has 0 aromatic carbocycles. The maximum Gasteiger partial charge on any atom is 0.320 e. The Kier molecular flexibility index (Phi) is 3.43. The van der Waals surface area contributed by atoms with Gasteiger partial charge >= 0.3 is 5.97 Å². The van der Waals surface area contributed by atoms with Crippen LogP contribution in [-0.2, 0) is 11.2 Å². The molecule has 0 aliphatic carbocycles. The second-order valence-electron chi connectivity index (χ2n) is 3.10. The number of nitrogens with two attached hydrogens (primary N) is 1. The van der Waals surface area contributed by atoms with Crippen molar-refractivity contribution < 1.29 is 9.90 Å². The van der Waals surface area contributed by atoms with E-state index in [0.717, 1.165) is 11.1 Å². The second-order valence-corrected chi connectivity index (χ2v) is 3.46. The molecule has 0 spiro atoms. The normalized spacial score (nSPS) is 12.5. The summed E-state index contributed by atoms with van der Waals surface area (Å²) in [5, 5.41) is 9.02. The molecule has 0 bridgehead atoms. The van der Waals surface area contributed by atoms with Crippen molar-refractivity contribution in [2.75, 3.05) is 0 Å². The van der Waals surface area contributed by atoms with Gasteiger partial charge in [-0.25, -0.2) is 4.98 Å². The molecule has 0 amide bonds. The molecule has 0 fully saturated rings. The van der Waals surface area contributed by atoms with Gasteiger partial charge in [-0.15, -0.1) is 0 Å². The van der Waals surface area contributed by atoms with Crippen LogP contribution >= 0.6 is 11.6 Å². The lowest BCUT2D eigenvalue weighted by Crippen LogP contribution is -2.32. The van der Waals surface area contributed by atoms with Crippen molar-refractivity contribution in [2.24, 2.45) is 5.73 Å². The smallest absolute Gasteiger partial charge is 0.320 e. The highest BCUT2D eigenvalue weighted by Crippen LogP contribution is 2.13. The first-order valence-corrected chi connectivity index (χ1v) is 4.48. The van der Waals surface area contributed by atoms with Gasteiger partial charge < -0.3 is 10.8 Å². The average Bonchev–Trinajstić information content (AvgIpc) is 2.11. The monoisotopic (exact) mass is 214 g/mol. The number of carboxylic acids is 1. The quantitative estimate of drug-likeness (QED) is 0.736. The molecule has 0 saturated heterocycles. The highest BCUT2D eigenvalue weighted by atomic mass is 35.5. The summed E-state index contributed by atoms with van der Waals surface area (Å²) in [5.41, 5.74) is 6.98. The lowest BCUT2D eigenvalue weighted by atomic mass is 10.1. The first kappa shape index (κ1) is 10.9. The summed E-state index contributed by atoms with van der Waals surface area (Å²) in [4.78, 5) is 14.4. The molecule has 1 rings (SSSR count). The maximum atomic E-state index is 10.5. The highest BCUT2D eigenvalue weighted by Gasteiger charge is 2.12. The maximum absolute atomic E-state index is 10.5. The van der Waals surface area contributed by atoms with Gasteiger partial charge in [0.1, 0.15) is 11.2 Å². The van der Waals surface area contributed by atoms with Crippen LogP contribution in [0.2, 0.25) is 5.15 Å². The van der Waals surface area contributed by atoms with Crippen LogP contribution in [0.5, 0.6) is 0 Å². The van der Waals surface area contributed by atoms with E-state index in [1.807, 2.05) is 6.92 Å². The van der Waals surface area contributed by atoms with Crippen molar-refractivity contribution in [1.29, 1.82) is 0 Å². The second kappa shape index (κ2) is 4.39. The van der Waals surface area contributed by atoms with E-state index in [4.69, 9.17) is 22.4 Å². The third-order valence-electron chi connectivity index (χ3n) is 1.84. The summed E-state index contributed by atoms with van der Waals surface area (Å²) in [6, 6.07) is 0.898. The van der Waals surface area contributed by atoms with Crippen molar-refractivity contribution in [3.8, 4) is 0 Å². The van der Waals surface area contributed by atoms with E-state index >= 15 is 0 Å². The minimum Gasteiger partial charge on any atom is -0.480 e. The first-order chi connectivity index (χ1) is 6.50. The van der Waals surface area contributed by atoms with Crippen LogP contribution in [0.25, 0.3) is 0 Å². The molecular weight excluding hydrogens is 204 g/mol. The largest absolute Gasteiger partial charge is 0.480 e. The zero-order valence-corrected chi connectivity index (χ0v) is 8.45. The first-order valence-electron chi connectivity index (χ1n) is 4.10. The van der Waals surface area contributed by atoms with Gasteiger partial charge in [0.15, 0.2) is 0 Å². The fraction of sp³-hybridized carbons (Fsp3) is 0.333. The van der Waals surface area contributed by atoms with Crippen LogP contribution in [0.1, 0.15) is 11.1 Å². The molecule has 76 valence electrons. The predicted octanol–water partition coefficient (Wildman–Crippen LogP) is 0.998. The minimum atomic E-state index is -1.02. The molecular formula is C9H11ClN2O2. The summed E-state index contributed by atoms with van der Waals surface area (Å²) < 4.78 is 0. The lowest BCUT2D eigenvalue weighted by molar-refractivity contribution is -0.138. The summed E-state index contributed by atoms with van der Waals surface area (Å²) in [6.45, 7) is 1.81. The Balaban J connectivity index is 2.78. The van der Waals surface area contributed by atoms with Crippen molar-refractivity contribution in [1.82, 2.24) is 4.98 Å². The standard InChI is InChI=1S/C9H11ClN2O2/c1-5-2-6(4-12-8(5)10)3-7(11)9(13)14/h2,4,7H,3,11H2,1H3,(H,13,14)/t7-/m1/s1. The third-order valence-corrected chi connectivity index (χ3v) is 2.24. The van der Waals surface area contributed by atoms with Crippen molar-refractivity contribution in [2.45, 2.75) is 19.4 Å². The summed E-state index contributed by atoms with van der Waals surface area (Å²) >= 11 is 5.72. The molecule has 3 N–H and O–H groups in total. The fourth-order valence-electron chi connectivity index (χ4n) is 1.07. The third kappa shape index (κ3) is 2.68. The van der Waals surface area contributed by atoms with E-state index in [1.54, 1.807) is 6.07 Å². The molecule has 1 aromatic rings. The number of carboxylic acid groups (broad SMARTS) is 1. The molecule has 0 aliphatic rings. The Bertz CT molecular complexity index is 355. The Hall–Kier alpha value is -1.13. The zero-order valence-electron chi connectivity index (χ0n) is 7.70. The van der Waals surface area contributed by atoms with E-state index in [2.05, 4.69) is 4.98 Å². The van der Waals surface area contributed by atoms with Crippen LogP contribution in [0, 0.1) is 6.92 Å². The van der Waals surface area contributed by atoms with Gasteiger partial charge in [0.25, 0.3) is 0 Å². The van der Waals surface area contributed by atoms with Gasteiger partial charge in [0.05, 0.1) is 0 Å². The molecule has 0 aliphatic heterocycles. The topological polar surface area (TPSA) is 76.2 Å². The average molecular weight is 215 g/mol. The Morgan fingerprint density at radius 1 is 1.79 bits per heavy atom. The molecule has 5 heteroatoms. The number of aryl methyl sites for hydroxylation is 1. The molecule has 1 heterocycles. The number of carbonyl (C=O) groups is 1. The van der Waals surface area contributed by atoms with Crippen LogP contribution in [0.4, 0.5) is 0 Å². The molecule has 14 heavy (non-hydrogen) atoms. The van der Waals surface area contributed by atoms with Gasteiger partial charge in [-0.05, 0) is 24.5 Å². The highest BCUT2D eigenvalue weighted by molar-refractivity contribution is 6.30. The number of hydrogen-bond acceptors (Lipinski definition) is 3. The lowest BCUT2D eigenvalue weighted by Gasteiger charge is -2.06. The van der Waals surface area contributed by atoms with Crippen LogP contribution in [0.3, 0.4) is 0 Å². The van der Waals surface area contributed by atoms with Gasteiger partial charge in [0.2, 0.25) is 0 Å². The van der Waals surface area contributed by atoms with E-state index in [9.17, 15) is 4.79 Å². The summed E-state index contributed by atoms with van der Waals surface area (Å²) in [6.07, 6.45) is 1.80. The van der Waals surface area contributed by atoms with Crippen LogP contribution in [0.15, 0.2) is 12.3 Å². The SMILES string of the molecule is Cc1cc(C[C@@H](N)C(=O)O)cnc1Cl. The Morgan fingerprint density at radius 3 is 2.93 bits per heavy atom. The number of pyridine rings is 1. The number of halogens is 1. The van der Waals surface area contributed by atoms with E-state index in [1.165, 1.54) is 6.20 Å². The molecule has 4 nitrogen and oxygen atoms in total. The van der Waals surface area contributed by atoms with Crippen LogP contribution in [-0.4, -0.2) is 22.1 Å². The molecule has 0 unspecified atom stereocenters. The number of nitrogens with zero attached hydrogens (tertiary/aromatic N) is 1. The van der Waals surface area contributed by atoms with E-state index < -0.39 is 12.0 Å². The molecule has 0 radical (unpaired) electrons. The van der Waals surface area contributed by atoms with Gasteiger partial charge in [-0.1, -0.05) is 17.7 Å². The fourth-order valence-corrected chi connectivity index (χ4v) is 1.17. The number of rotatable bonds is 3. The van der Waals surface area contributed by atoms with Crippen LogP contribution < -0.4 is 5.73 Å². The van der Waals surface area contributed by atoms with Gasteiger partial charge in [-0.2, -0.15) is 0 Å². The van der Waals surface area contributed by atoms with Crippen molar-refractivity contribution in [3.05, 3.63) is 28.5 Å². The van der Waals surface area contributed by atoms with Gasteiger partial charge in [-0.3, -0.25) is 4.79 Å². The zero-order chi connectivity index (χ0) is 10.7. The van der Waals surface area contributed by atoms with Crippen molar-refractivity contribution >= 4 is 17.6 Å². The summed E-state index contributed by atoms with van der Waals surface area (Å²) in [5.74, 6) is -1.02. The van der Waals surface area contributed by atoms with Crippen molar-refractivity contribution in [3.63, 3.8) is 0 Å². The predicted molar refractivity (Wildman–Crippen MR) is 53.3 cm³/mol. The number of aromatic nitrogens is 1. The van der Waals surface area contributed by atoms with E-state index in [-0.39, 0.29) is 6.42 Å². The molecule has 0 saturated carbocycles.